The van der Waals surface area contributed by atoms with Crippen LogP contribution in [0.15, 0.2) is 79.4 Å². The second-order valence-electron chi connectivity index (χ2n) is 8.39. The second-order valence-corrected chi connectivity index (χ2v) is 9.68. The fraction of sp³-hybridized carbons (Fsp3) is 0.143. The number of benzene rings is 3. The number of carbonyl (C=O) groups is 1. The molecule has 0 N–H and O–H groups in total. The first-order valence-electron chi connectivity index (χ1n) is 11.7. The normalized spacial score (nSPS) is 12.2. The van der Waals surface area contributed by atoms with Crippen LogP contribution in [0.4, 0.5) is 0 Å². The summed E-state index contributed by atoms with van der Waals surface area (Å²) >= 11 is 9.72. The lowest BCUT2D eigenvalue weighted by atomic mass is 10.2. The van der Waals surface area contributed by atoms with Crippen molar-refractivity contribution in [3.8, 4) is 23.1 Å². The van der Waals surface area contributed by atoms with Crippen molar-refractivity contribution in [2.75, 3.05) is 14.2 Å². The average molecular weight is 611 g/mol. The zero-order valence-electron chi connectivity index (χ0n) is 21.0. The van der Waals surface area contributed by atoms with E-state index in [1.54, 1.807) is 68.6 Å². The monoisotopic (exact) mass is 609 g/mol. The minimum Gasteiger partial charge on any atom is -0.496 e. The molecule has 0 radical (unpaired) electrons. The summed E-state index contributed by atoms with van der Waals surface area (Å²) in [6.07, 6.45) is 0.492. The van der Waals surface area contributed by atoms with Crippen LogP contribution < -0.4 is 15.0 Å². The summed E-state index contributed by atoms with van der Waals surface area (Å²) in [6, 6.07) is 17.3. The number of furan rings is 1. The molecule has 0 aliphatic carbocycles. The van der Waals surface area contributed by atoms with Crippen molar-refractivity contribution in [1.29, 1.82) is 0 Å². The van der Waals surface area contributed by atoms with Crippen LogP contribution in [-0.2, 0) is 9.53 Å². The minimum absolute atomic E-state index is 0.180. The van der Waals surface area contributed by atoms with Gasteiger partial charge in [0.2, 0.25) is 5.82 Å². The van der Waals surface area contributed by atoms with Gasteiger partial charge in [-0.15, -0.1) is 0 Å². The molecule has 0 spiro atoms. The lowest BCUT2D eigenvalue weighted by Gasteiger charge is -2.16. The highest BCUT2D eigenvalue weighted by atomic mass is 79.9. The Balaban J connectivity index is 1.69. The lowest BCUT2D eigenvalue weighted by Crippen LogP contribution is -2.25. The number of rotatable bonds is 7. The summed E-state index contributed by atoms with van der Waals surface area (Å²) in [5, 5.41) is 5.96. The van der Waals surface area contributed by atoms with Gasteiger partial charge < -0.3 is 18.6 Å². The number of para-hydroxylation sites is 1. The predicted molar refractivity (Wildman–Crippen MR) is 152 cm³/mol. The molecule has 0 unspecified atom stereocenters. The molecule has 0 amide bonds. The number of hydrogen-bond acceptors (Lipinski definition) is 8. The second kappa shape index (κ2) is 10.9. The van der Waals surface area contributed by atoms with Gasteiger partial charge in [0.25, 0.3) is 5.56 Å². The van der Waals surface area contributed by atoms with Gasteiger partial charge in [0.15, 0.2) is 11.9 Å². The molecule has 39 heavy (non-hydrogen) atoms. The van der Waals surface area contributed by atoms with Crippen molar-refractivity contribution < 1.29 is 23.4 Å². The van der Waals surface area contributed by atoms with Crippen molar-refractivity contribution in [3.63, 3.8) is 0 Å². The quantitative estimate of drug-likeness (QED) is 0.163. The number of ether oxygens (including phenoxy) is 3. The fourth-order valence-corrected chi connectivity index (χ4v) is 4.95. The molecule has 5 aromatic rings. The molecule has 9 nitrogen and oxygen atoms in total. The van der Waals surface area contributed by atoms with Crippen LogP contribution in [0, 0.1) is 0 Å². The topological polar surface area (TPSA) is 105 Å². The Labute approximate surface area is 235 Å². The number of esters is 1. The summed E-state index contributed by atoms with van der Waals surface area (Å²) in [7, 11) is 2.84. The third-order valence-electron chi connectivity index (χ3n) is 5.89. The Bertz CT molecular complexity index is 1810. The van der Waals surface area contributed by atoms with Gasteiger partial charge in [0.05, 0.1) is 41.2 Å². The predicted octanol–water partition coefficient (Wildman–Crippen LogP) is 6.06. The average Bonchev–Trinajstić information content (AvgIpc) is 3.38. The van der Waals surface area contributed by atoms with Crippen molar-refractivity contribution in [2.24, 2.45) is 5.10 Å². The molecular formula is C28H21BrClN3O6. The van der Waals surface area contributed by atoms with Crippen LogP contribution in [-0.4, -0.2) is 42.2 Å². The van der Waals surface area contributed by atoms with E-state index < -0.39 is 17.6 Å². The van der Waals surface area contributed by atoms with Crippen molar-refractivity contribution in [3.05, 3.63) is 86.1 Å². The molecular weight excluding hydrogens is 590 g/mol. The first-order valence-corrected chi connectivity index (χ1v) is 12.8. The van der Waals surface area contributed by atoms with E-state index in [1.807, 2.05) is 6.07 Å². The molecule has 0 saturated heterocycles. The molecule has 5 rings (SSSR count). The molecule has 1 atom stereocenters. The van der Waals surface area contributed by atoms with Crippen LogP contribution in [0.5, 0.6) is 11.5 Å². The number of nitrogens with zero attached hydrogens (tertiary/aromatic N) is 3. The van der Waals surface area contributed by atoms with Crippen LogP contribution in [0.2, 0.25) is 5.02 Å². The van der Waals surface area contributed by atoms with Crippen molar-refractivity contribution in [1.82, 2.24) is 9.66 Å². The van der Waals surface area contributed by atoms with Gasteiger partial charge in [-0.2, -0.15) is 9.78 Å². The summed E-state index contributed by atoms with van der Waals surface area (Å²) in [6.45, 7) is 1.56. The molecule has 11 heteroatoms. The Hall–Kier alpha value is -4.15. The molecule has 2 heterocycles. The minimum atomic E-state index is -0.911. The molecule has 0 fully saturated rings. The summed E-state index contributed by atoms with van der Waals surface area (Å²) in [4.78, 5) is 30.3. The number of aromatic nitrogens is 2. The van der Waals surface area contributed by atoms with Gasteiger partial charge in [-0.1, -0.05) is 29.8 Å². The van der Waals surface area contributed by atoms with E-state index in [2.05, 4.69) is 21.0 Å². The van der Waals surface area contributed by atoms with E-state index in [0.717, 1.165) is 10.1 Å². The van der Waals surface area contributed by atoms with Crippen LogP contribution in [0.25, 0.3) is 33.5 Å². The molecule has 3 aromatic carbocycles. The highest BCUT2D eigenvalue weighted by molar-refractivity contribution is 9.10. The van der Waals surface area contributed by atoms with Crippen LogP contribution in [0.1, 0.15) is 12.5 Å². The number of carbonyl (C=O) groups excluding carboxylic acids is 1. The Kier molecular flexibility index (Phi) is 7.40. The standard InChI is InChI=1S/C28H21BrClN3O6/c1-15(28(35)37-3)38-25-16(11-17(30)12-20(25)29)14-31-33-26(32-21-8-5-4-7-18(21)27(33)34)24-13-19-22(36-2)9-6-10-23(19)39-24/h4-15H,1-3H3/t15-/m0/s1. The van der Waals surface area contributed by atoms with Crippen LogP contribution >= 0.6 is 27.5 Å². The summed E-state index contributed by atoms with van der Waals surface area (Å²) in [5.41, 5.74) is 1.04. The van der Waals surface area contributed by atoms with E-state index >= 15 is 0 Å². The zero-order valence-corrected chi connectivity index (χ0v) is 23.3. The SMILES string of the molecule is COC(=O)[C@H](C)Oc1c(Br)cc(Cl)cc1C=Nn1c(-c2cc3c(OC)cccc3o2)nc2ccccc2c1=O. The highest BCUT2D eigenvalue weighted by Crippen LogP contribution is 2.34. The summed E-state index contributed by atoms with van der Waals surface area (Å²) in [5.74, 6) is 0.846. The molecule has 2 aromatic heterocycles. The zero-order chi connectivity index (χ0) is 27.7. The Morgan fingerprint density at radius 3 is 2.69 bits per heavy atom. The van der Waals surface area contributed by atoms with Gasteiger partial charge in [0, 0.05) is 10.6 Å². The van der Waals surface area contributed by atoms with E-state index in [0.29, 0.717) is 43.1 Å². The lowest BCUT2D eigenvalue weighted by molar-refractivity contribution is -0.147. The van der Waals surface area contributed by atoms with Gasteiger partial charge in [-0.25, -0.2) is 9.78 Å². The summed E-state index contributed by atoms with van der Waals surface area (Å²) < 4.78 is 23.8. The van der Waals surface area contributed by atoms with E-state index in [9.17, 15) is 9.59 Å². The van der Waals surface area contributed by atoms with E-state index in [1.165, 1.54) is 13.3 Å². The number of halogens is 2. The molecule has 0 aliphatic heterocycles. The number of fused-ring (bicyclic) bond motifs is 2. The maximum Gasteiger partial charge on any atom is 0.346 e. The van der Waals surface area contributed by atoms with Gasteiger partial charge >= 0.3 is 5.97 Å². The third kappa shape index (κ3) is 5.13. The Morgan fingerprint density at radius 2 is 1.92 bits per heavy atom. The fourth-order valence-electron chi connectivity index (χ4n) is 4.02. The smallest absolute Gasteiger partial charge is 0.346 e. The highest BCUT2D eigenvalue weighted by Gasteiger charge is 2.21. The van der Waals surface area contributed by atoms with Gasteiger partial charge in [-0.05, 0) is 65.3 Å². The molecule has 0 bridgehead atoms. The Morgan fingerprint density at radius 1 is 1.13 bits per heavy atom. The molecule has 0 aliphatic rings. The van der Waals surface area contributed by atoms with Crippen molar-refractivity contribution in [2.45, 2.75) is 13.0 Å². The first-order chi connectivity index (χ1) is 18.8. The van der Waals surface area contributed by atoms with Crippen LogP contribution in [0.3, 0.4) is 0 Å². The van der Waals surface area contributed by atoms with Gasteiger partial charge in [-0.3, -0.25) is 4.79 Å². The molecule has 198 valence electrons. The van der Waals surface area contributed by atoms with E-state index in [4.69, 9.17) is 35.2 Å². The maximum absolute atomic E-state index is 13.6. The third-order valence-corrected chi connectivity index (χ3v) is 6.70. The molecule has 0 saturated carbocycles. The largest absolute Gasteiger partial charge is 0.496 e. The number of hydrogen-bond donors (Lipinski definition) is 0. The first kappa shape index (κ1) is 26.5. The van der Waals surface area contributed by atoms with Gasteiger partial charge in [0.1, 0.15) is 17.1 Å². The van der Waals surface area contributed by atoms with E-state index in [-0.39, 0.29) is 11.6 Å². The van der Waals surface area contributed by atoms with Crippen molar-refractivity contribution >= 4 is 61.6 Å². The maximum atomic E-state index is 13.6. The number of methoxy groups -OCH3 is 2.